The minimum atomic E-state index is -1.22. The van der Waals surface area contributed by atoms with Crippen LogP contribution in [0.3, 0.4) is 0 Å². The lowest BCUT2D eigenvalue weighted by molar-refractivity contribution is -0.151. The summed E-state index contributed by atoms with van der Waals surface area (Å²) in [6.07, 6.45) is 0.872. The Morgan fingerprint density at radius 1 is 1.18 bits per heavy atom. The number of alkyl halides is 1. The number of hydrogen-bond donors (Lipinski definition) is 0. The molecule has 1 aliphatic carbocycles. The van der Waals surface area contributed by atoms with Crippen molar-refractivity contribution in [2.45, 2.75) is 64.5 Å². The van der Waals surface area contributed by atoms with Crippen molar-refractivity contribution >= 4 is 11.6 Å². The molecule has 28 heavy (non-hydrogen) atoms. The summed E-state index contributed by atoms with van der Waals surface area (Å²) < 4.78 is 41.5. The van der Waals surface area contributed by atoms with E-state index in [1.165, 1.54) is 6.07 Å². The molecular formula is C21H27ClF2N2O2. The molecule has 154 valence electrons. The van der Waals surface area contributed by atoms with Gasteiger partial charge in [0, 0.05) is 31.6 Å². The lowest BCUT2D eigenvalue weighted by Gasteiger charge is -2.50. The fourth-order valence-corrected chi connectivity index (χ4v) is 4.31. The number of aromatic nitrogens is 2. The number of halogens is 3. The molecule has 1 aromatic heterocycles. The van der Waals surface area contributed by atoms with Crippen molar-refractivity contribution in [2.24, 2.45) is 0 Å². The molecule has 2 aromatic rings. The number of nitrogens with zero attached hydrogens (tertiary/aromatic N) is 2. The van der Waals surface area contributed by atoms with Gasteiger partial charge in [0.2, 0.25) is 6.29 Å². The van der Waals surface area contributed by atoms with E-state index in [-0.39, 0.29) is 5.02 Å². The summed E-state index contributed by atoms with van der Waals surface area (Å²) in [6.45, 7) is 8.37. The van der Waals surface area contributed by atoms with Crippen molar-refractivity contribution in [3.8, 4) is 11.3 Å². The molecule has 4 nitrogen and oxygen atoms in total. The third kappa shape index (κ3) is 3.95. The van der Waals surface area contributed by atoms with Crippen LogP contribution in [0.1, 0.15) is 58.9 Å². The van der Waals surface area contributed by atoms with Gasteiger partial charge in [-0.05, 0) is 51.5 Å². The van der Waals surface area contributed by atoms with Crippen molar-refractivity contribution in [1.82, 2.24) is 9.78 Å². The summed E-state index contributed by atoms with van der Waals surface area (Å²) in [6, 6.07) is 6.36. The van der Waals surface area contributed by atoms with E-state index in [1.54, 1.807) is 19.1 Å². The van der Waals surface area contributed by atoms with E-state index in [1.807, 2.05) is 31.5 Å². The quantitative estimate of drug-likeness (QED) is 0.496. The van der Waals surface area contributed by atoms with Crippen molar-refractivity contribution in [1.29, 1.82) is 0 Å². The van der Waals surface area contributed by atoms with E-state index in [4.69, 9.17) is 26.2 Å². The van der Waals surface area contributed by atoms with Gasteiger partial charge in [0.05, 0.1) is 21.9 Å². The minimum Gasteiger partial charge on any atom is -0.347 e. The van der Waals surface area contributed by atoms with E-state index in [0.717, 1.165) is 12.1 Å². The van der Waals surface area contributed by atoms with Crippen LogP contribution in [0.5, 0.6) is 0 Å². The molecule has 1 heterocycles. The van der Waals surface area contributed by atoms with Crippen LogP contribution in [0, 0.1) is 5.82 Å². The molecule has 1 fully saturated rings. The van der Waals surface area contributed by atoms with Gasteiger partial charge in [-0.25, -0.2) is 8.78 Å². The highest BCUT2D eigenvalue weighted by Crippen LogP contribution is 2.52. The van der Waals surface area contributed by atoms with Gasteiger partial charge < -0.3 is 9.47 Å². The molecule has 1 aliphatic rings. The van der Waals surface area contributed by atoms with Crippen molar-refractivity contribution < 1.29 is 18.3 Å². The molecule has 0 bridgehead atoms. The zero-order chi connectivity index (χ0) is 20.5. The van der Waals surface area contributed by atoms with Crippen molar-refractivity contribution in [3.63, 3.8) is 0 Å². The molecule has 0 atom stereocenters. The zero-order valence-corrected chi connectivity index (χ0v) is 17.5. The summed E-state index contributed by atoms with van der Waals surface area (Å²) in [5, 5.41) is 4.81. The van der Waals surface area contributed by atoms with E-state index in [0.29, 0.717) is 37.3 Å². The summed E-state index contributed by atoms with van der Waals surface area (Å²) in [5.41, 5.74) is 0.392. The normalized spacial score (nSPS) is 24.6. The predicted octanol–water partition coefficient (Wildman–Crippen LogP) is 6.04. The van der Waals surface area contributed by atoms with Crippen LogP contribution in [0.4, 0.5) is 8.78 Å². The fraction of sp³-hybridized carbons (Fsp3) is 0.571. The van der Waals surface area contributed by atoms with Gasteiger partial charge in [0.1, 0.15) is 11.5 Å². The Hall–Kier alpha value is -1.50. The largest absolute Gasteiger partial charge is 0.347 e. The Labute approximate surface area is 169 Å². The molecular weight excluding hydrogens is 386 g/mol. The van der Waals surface area contributed by atoms with Crippen LogP contribution in [0.25, 0.3) is 11.3 Å². The van der Waals surface area contributed by atoms with Crippen LogP contribution in [0.2, 0.25) is 5.02 Å². The molecule has 0 aliphatic heterocycles. The fourth-order valence-electron chi connectivity index (χ4n) is 4.13. The Morgan fingerprint density at radius 3 is 2.32 bits per heavy atom. The van der Waals surface area contributed by atoms with Gasteiger partial charge in [-0.2, -0.15) is 5.10 Å². The molecule has 0 saturated heterocycles. The summed E-state index contributed by atoms with van der Waals surface area (Å²) in [4.78, 5) is 0. The number of hydrogen-bond acceptors (Lipinski definition) is 3. The highest BCUT2D eigenvalue weighted by atomic mass is 35.5. The van der Waals surface area contributed by atoms with E-state index >= 15 is 0 Å². The number of rotatable bonds is 8. The summed E-state index contributed by atoms with van der Waals surface area (Å²) in [5.74, 6) is -0.483. The van der Waals surface area contributed by atoms with E-state index in [9.17, 15) is 8.78 Å². The number of ether oxygens (including phenoxy) is 2. The highest BCUT2D eigenvalue weighted by molar-refractivity contribution is 6.31. The summed E-state index contributed by atoms with van der Waals surface area (Å²) >= 11 is 5.96. The van der Waals surface area contributed by atoms with Gasteiger partial charge in [-0.15, -0.1) is 0 Å². The summed E-state index contributed by atoms with van der Waals surface area (Å²) in [7, 11) is 0. The van der Waals surface area contributed by atoms with Gasteiger partial charge in [0.15, 0.2) is 0 Å². The average molecular weight is 413 g/mol. The first-order valence-electron chi connectivity index (χ1n) is 9.73. The van der Waals surface area contributed by atoms with E-state index < -0.39 is 23.3 Å². The second kappa shape index (κ2) is 8.09. The lowest BCUT2D eigenvalue weighted by Crippen LogP contribution is -2.54. The Kier molecular flexibility index (Phi) is 6.13. The van der Waals surface area contributed by atoms with Crippen LogP contribution in [-0.4, -0.2) is 28.7 Å². The average Bonchev–Trinajstić information content (AvgIpc) is 3.07. The Bertz CT molecular complexity index is 824. The predicted molar refractivity (Wildman–Crippen MR) is 106 cm³/mol. The molecule has 0 N–H and O–H groups in total. The molecule has 0 unspecified atom stereocenters. The van der Waals surface area contributed by atoms with Crippen LogP contribution >= 0.6 is 11.6 Å². The molecule has 1 aromatic carbocycles. The van der Waals surface area contributed by atoms with Crippen LogP contribution in [-0.2, 0) is 15.0 Å². The molecule has 7 heteroatoms. The maximum absolute atomic E-state index is 14.5. The van der Waals surface area contributed by atoms with Crippen LogP contribution in [0.15, 0.2) is 24.3 Å². The molecule has 1 saturated carbocycles. The minimum absolute atomic E-state index is 0.0324. The van der Waals surface area contributed by atoms with Crippen LogP contribution < -0.4 is 0 Å². The number of benzene rings is 1. The smallest absolute Gasteiger partial charge is 0.200 e. The van der Waals surface area contributed by atoms with Crippen molar-refractivity contribution in [3.05, 3.63) is 40.8 Å². The third-order valence-electron chi connectivity index (χ3n) is 5.33. The lowest BCUT2D eigenvalue weighted by atomic mass is 9.65. The first-order valence-corrected chi connectivity index (χ1v) is 10.1. The maximum atomic E-state index is 14.5. The first-order chi connectivity index (χ1) is 13.2. The Balaban J connectivity index is 2.10. The zero-order valence-electron chi connectivity index (χ0n) is 16.8. The standard InChI is InChI=1S/C21H27ClF2N2O2/c1-5-21(12-20(4,24)13-21)26-18(19(27-6-2)28-7-3)11-17(25-26)14-8-9-16(23)15(22)10-14/h8-11,19H,5-7,12-13H2,1-4H3. The van der Waals surface area contributed by atoms with Crippen molar-refractivity contribution in [2.75, 3.05) is 13.2 Å². The highest BCUT2D eigenvalue weighted by Gasteiger charge is 2.54. The SMILES string of the molecule is CCOC(OCC)c1cc(-c2ccc(F)c(Cl)c2)nn1C1(CC)CC(C)(F)C1. The third-order valence-corrected chi connectivity index (χ3v) is 5.62. The van der Waals surface area contributed by atoms with Gasteiger partial charge >= 0.3 is 0 Å². The molecule has 0 radical (unpaired) electrons. The molecule has 0 spiro atoms. The monoisotopic (exact) mass is 412 g/mol. The van der Waals surface area contributed by atoms with Gasteiger partial charge in [-0.1, -0.05) is 18.5 Å². The molecule has 0 amide bonds. The van der Waals surface area contributed by atoms with Gasteiger partial charge in [-0.3, -0.25) is 4.68 Å². The van der Waals surface area contributed by atoms with E-state index in [2.05, 4.69) is 0 Å². The Morgan fingerprint density at radius 2 is 1.82 bits per heavy atom. The maximum Gasteiger partial charge on any atom is 0.200 e. The first kappa shape index (κ1) is 21.2. The second-order valence-electron chi connectivity index (χ2n) is 7.58. The molecule has 3 rings (SSSR count). The second-order valence-corrected chi connectivity index (χ2v) is 7.99. The topological polar surface area (TPSA) is 36.3 Å². The van der Waals surface area contributed by atoms with Gasteiger partial charge in [0.25, 0.3) is 0 Å².